The van der Waals surface area contributed by atoms with Crippen molar-refractivity contribution in [3.8, 4) is 11.5 Å². The van der Waals surface area contributed by atoms with Crippen molar-refractivity contribution >= 4 is 43.0 Å². The molecular weight excluding hydrogens is 482 g/mol. The number of nitrogens with zero attached hydrogens (tertiary/aromatic N) is 1. The maximum atomic E-state index is 13.6. The first-order chi connectivity index (χ1) is 15.7. The van der Waals surface area contributed by atoms with Gasteiger partial charge in [-0.25, -0.2) is 8.42 Å². The summed E-state index contributed by atoms with van der Waals surface area (Å²) in [7, 11) is -3.70. The normalized spacial score (nSPS) is 12.9. The third-order valence-corrected chi connectivity index (χ3v) is 9.17. The van der Waals surface area contributed by atoms with E-state index in [0.717, 1.165) is 21.2 Å². The average molecular weight is 512 g/mol. The summed E-state index contributed by atoms with van der Waals surface area (Å²) < 4.78 is 41.5. The lowest BCUT2D eigenvalue weighted by atomic mass is 10.2. The highest BCUT2D eigenvalue weighted by Gasteiger charge is 2.30. The summed E-state index contributed by atoms with van der Waals surface area (Å²) >= 11 is 7.40. The smallest absolute Gasteiger partial charge is 0.252 e. The second kappa shape index (κ2) is 11.1. The number of aliphatic hydroxyl groups excluding tert-OH is 1. The lowest BCUT2D eigenvalue weighted by Crippen LogP contribution is -2.39. The van der Waals surface area contributed by atoms with Gasteiger partial charge in [-0.15, -0.1) is 11.3 Å². The van der Waals surface area contributed by atoms with E-state index in [-0.39, 0.29) is 25.9 Å². The molecule has 0 bridgehead atoms. The Morgan fingerprint density at radius 2 is 1.94 bits per heavy atom. The van der Waals surface area contributed by atoms with Gasteiger partial charge in [0.25, 0.3) is 10.0 Å². The lowest BCUT2D eigenvalue weighted by Gasteiger charge is -2.25. The van der Waals surface area contributed by atoms with Crippen LogP contribution in [0, 0.1) is 13.8 Å². The van der Waals surface area contributed by atoms with Crippen molar-refractivity contribution < 1.29 is 23.0 Å². The quantitative estimate of drug-likeness (QED) is 0.372. The maximum Gasteiger partial charge on any atom is 0.252 e. The number of aryl methyl sites for hydroxylation is 2. The second-order valence-corrected chi connectivity index (χ2v) is 11.6. The van der Waals surface area contributed by atoms with E-state index in [4.69, 9.17) is 26.2 Å². The molecule has 1 N–H and O–H groups in total. The number of halogens is 1. The standard InChI is InChI=1S/C24H30ClNO5S2/c1-5-10-26(15-17(3)31-20-7-8-22(16(2)13-20)30-12-11-27)33(28,29)24-18(4)21-14-19(25)6-9-23(21)32-24/h6-9,13-14,17,27H,5,10-12,15H2,1-4H3. The largest absolute Gasteiger partial charge is 0.491 e. The molecule has 9 heteroatoms. The fraction of sp³-hybridized carbons (Fsp3) is 0.417. The SMILES string of the molecule is CCCN(CC(C)Oc1ccc(OCCO)c(C)c1)S(=O)(=O)c1sc2ccc(Cl)cc2c1C. The number of aliphatic hydroxyl groups is 1. The molecule has 2 aromatic carbocycles. The molecule has 1 atom stereocenters. The number of rotatable bonds is 11. The monoisotopic (exact) mass is 511 g/mol. The molecule has 0 aliphatic rings. The molecule has 3 rings (SSSR count). The van der Waals surface area contributed by atoms with Crippen molar-refractivity contribution in [1.82, 2.24) is 4.31 Å². The highest BCUT2D eigenvalue weighted by Crippen LogP contribution is 2.37. The number of sulfonamides is 1. The van der Waals surface area contributed by atoms with Gasteiger partial charge in [-0.05, 0) is 80.1 Å². The van der Waals surface area contributed by atoms with E-state index in [1.54, 1.807) is 18.2 Å². The lowest BCUT2D eigenvalue weighted by molar-refractivity contribution is 0.185. The first kappa shape index (κ1) is 25.8. The Morgan fingerprint density at radius 3 is 2.61 bits per heavy atom. The van der Waals surface area contributed by atoms with Gasteiger partial charge in [-0.3, -0.25) is 0 Å². The van der Waals surface area contributed by atoms with E-state index in [1.807, 2.05) is 45.9 Å². The van der Waals surface area contributed by atoms with Crippen molar-refractivity contribution in [2.75, 3.05) is 26.3 Å². The fourth-order valence-corrected chi connectivity index (χ4v) is 7.32. The van der Waals surface area contributed by atoms with Gasteiger partial charge in [0.15, 0.2) is 0 Å². The minimum Gasteiger partial charge on any atom is -0.491 e. The Morgan fingerprint density at radius 1 is 1.18 bits per heavy atom. The molecule has 0 fully saturated rings. The first-order valence-electron chi connectivity index (χ1n) is 10.9. The van der Waals surface area contributed by atoms with Crippen LogP contribution >= 0.6 is 22.9 Å². The Kier molecular flexibility index (Phi) is 8.64. The van der Waals surface area contributed by atoms with E-state index in [1.165, 1.54) is 15.6 Å². The zero-order valence-electron chi connectivity index (χ0n) is 19.3. The third-order valence-electron chi connectivity index (χ3n) is 5.19. The summed E-state index contributed by atoms with van der Waals surface area (Å²) in [6.45, 7) is 8.35. The predicted octanol–water partition coefficient (Wildman–Crippen LogP) is 5.41. The van der Waals surface area contributed by atoms with Crippen molar-refractivity contribution in [2.45, 2.75) is 44.4 Å². The third kappa shape index (κ3) is 6.00. The molecule has 1 aromatic heterocycles. The molecule has 0 saturated carbocycles. The zero-order valence-corrected chi connectivity index (χ0v) is 21.7. The number of hydrogen-bond donors (Lipinski definition) is 1. The van der Waals surface area contributed by atoms with Crippen LogP contribution in [-0.4, -0.2) is 50.2 Å². The summed E-state index contributed by atoms with van der Waals surface area (Å²) in [6.07, 6.45) is 0.330. The number of thiophene rings is 1. The summed E-state index contributed by atoms with van der Waals surface area (Å²) in [4.78, 5) is 0. The number of ether oxygens (including phenoxy) is 2. The molecule has 0 aliphatic heterocycles. The van der Waals surface area contributed by atoms with Gasteiger partial charge < -0.3 is 14.6 Å². The highest BCUT2D eigenvalue weighted by molar-refractivity contribution is 7.91. The van der Waals surface area contributed by atoms with Crippen LogP contribution in [0.15, 0.2) is 40.6 Å². The molecule has 3 aromatic rings. The van der Waals surface area contributed by atoms with Gasteiger partial charge >= 0.3 is 0 Å². The number of benzene rings is 2. The van der Waals surface area contributed by atoms with Crippen LogP contribution in [0.5, 0.6) is 11.5 Å². The maximum absolute atomic E-state index is 13.6. The molecule has 0 aliphatic carbocycles. The Labute approximate surface area is 204 Å². The van der Waals surface area contributed by atoms with Crippen molar-refractivity contribution in [2.24, 2.45) is 0 Å². The number of hydrogen-bond acceptors (Lipinski definition) is 6. The molecular formula is C24H30ClNO5S2. The molecule has 6 nitrogen and oxygen atoms in total. The average Bonchev–Trinajstić information content (AvgIpc) is 3.09. The van der Waals surface area contributed by atoms with E-state index in [9.17, 15) is 8.42 Å². The van der Waals surface area contributed by atoms with E-state index in [0.29, 0.717) is 33.7 Å². The van der Waals surface area contributed by atoms with Crippen LogP contribution < -0.4 is 9.47 Å². The highest BCUT2D eigenvalue weighted by atomic mass is 35.5. The van der Waals surface area contributed by atoms with Gasteiger partial charge in [-0.1, -0.05) is 18.5 Å². The van der Waals surface area contributed by atoms with E-state index < -0.39 is 10.0 Å². The van der Waals surface area contributed by atoms with Crippen LogP contribution in [0.25, 0.3) is 10.1 Å². The van der Waals surface area contributed by atoms with Crippen molar-refractivity contribution in [1.29, 1.82) is 0 Å². The molecule has 0 amide bonds. The van der Waals surface area contributed by atoms with Crippen LogP contribution in [0.1, 0.15) is 31.4 Å². The van der Waals surface area contributed by atoms with Gasteiger partial charge in [-0.2, -0.15) is 4.31 Å². The van der Waals surface area contributed by atoms with Gasteiger partial charge in [0.05, 0.1) is 13.2 Å². The van der Waals surface area contributed by atoms with Crippen LogP contribution in [0.3, 0.4) is 0 Å². The van der Waals surface area contributed by atoms with Gasteiger partial charge in [0, 0.05) is 16.3 Å². The molecule has 1 heterocycles. The number of fused-ring (bicyclic) bond motifs is 1. The van der Waals surface area contributed by atoms with Crippen molar-refractivity contribution in [3.05, 3.63) is 52.5 Å². The predicted molar refractivity (Wildman–Crippen MR) is 134 cm³/mol. The van der Waals surface area contributed by atoms with Crippen molar-refractivity contribution in [3.63, 3.8) is 0 Å². The van der Waals surface area contributed by atoms with Crippen LogP contribution in [0.2, 0.25) is 5.02 Å². The molecule has 33 heavy (non-hydrogen) atoms. The van der Waals surface area contributed by atoms with E-state index in [2.05, 4.69) is 0 Å². The minimum atomic E-state index is -3.70. The Hall–Kier alpha value is -1.84. The summed E-state index contributed by atoms with van der Waals surface area (Å²) in [5, 5.41) is 10.4. The summed E-state index contributed by atoms with van der Waals surface area (Å²) in [5.41, 5.74) is 1.60. The molecule has 1 unspecified atom stereocenters. The topological polar surface area (TPSA) is 76.1 Å². The first-order valence-corrected chi connectivity index (χ1v) is 13.5. The van der Waals surface area contributed by atoms with E-state index >= 15 is 0 Å². The summed E-state index contributed by atoms with van der Waals surface area (Å²) in [5.74, 6) is 1.32. The Balaban J connectivity index is 1.80. The molecule has 180 valence electrons. The van der Waals surface area contributed by atoms with Gasteiger partial charge in [0.1, 0.15) is 28.4 Å². The fourth-order valence-electron chi connectivity index (χ4n) is 3.66. The minimum absolute atomic E-state index is 0.0528. The zero-order chi connectivity index (χ0) is 24.2. The molecule has 0 radical (unpaired) electrons. The van der Waals surface area contributed by atoms with Crippen LogP contribution in [-0.2, 0) is 10.0 Å². The van der Waals surface area contributed by atoms with Crippen LogP contribution in [0.4, 0.5) is 0 Å². The second-order valence-electron chi connectivity index (χ2n) is 7.95. The Bertz CT molecular complexity index is 1210. The molecule has 0 spiro atoms. The van der Waals surface area contributed by atoms with Gasteiger partial charge in [0.2, 0.25) is 0 Å². The molecule has 0 saturated heterocycles. The summed E-state index contributed by atoms with van der Waals surface area (Å²) in [6, 6.07) is 10.9.